The molecule has 2 aromatic rings. The molecule has 0 amide bonds. The summed E-state index contributed by atoms with van der Waals surface area (Å²) in [6.45, 7) is 4.60. The van der Waals surface area contributed by atoms with Crippen molar-refractivity contribution in [3.8, 4) is 0 Å². The first-order valence-electron chi connectivity index (χ1n) is 9.93. The highest BCUT2D eigenvalue weighted by Gasteiger charge is 2.21. The number of hydrogen-bond acceptors (Lipinski definition) is 7. The number of nitrogens with one attached hydrogen (secondary N) is 3. The molecule has 150 valence electrons. The molecule has 1 saturated carbocycles. The van der Waals surface area contributed by atoms with Gasteiger partial charge in [0.1, 0.15) is 18.0 Å². The van der Waals surface area contributed by atoms with Crippen molar-refractivity contribution < 1.29 is 9.53 Å². The monoisotopic (exact) mass is 383 g/mol. The summed E-state index contributed by atoms with van der Waals surface area (Å²) in [5.41, 5.74) is 2.21. The van der Waals surface area contributed by atoms with Crippen molar-refractivity contribution in [1.29, 1.82) is 0 Å². The Balaban J connectivity index is 1.47. The summed E-state index contributed by atoms with van der Waals surface area (Å²) >= 11 is 0. The van der Waals surface area contributed by atoms with Gasteiger partial charge in [-0.1, -0.05) is 12.1 Å². The third-order valence-electron chi connectivity index (χ3n) is 4.88. The van der Waals surface area contributed by atoms with Gasteiger partial charge in [-0.05, 0) is 57.2 Å². The van der Waals surface area contributed by atoms with Crippen molar-refractivity contribution in [2.75, 3.05) is 23.8 Å². The molecule has 1 heterocycles. The summed E-state index contributed by atoms with van der Waals surface area (Å²) in [4.78, 5) is 20.1. The summed E-state index contributed by atoms with van der Waals surface area (Å²) in [6, 6.07) is 10.9. The Bertz CT molecular complexity index is 775. The Morgan fingerprint density at radius 3 is 2.61 bits per heavy atom. The molecule has 7 nitrogen and oxygen atoms in total. The highest BCUT2D eigenvalue weighted by atomic mass is 16.5. The van der Waals surface area contributed by atoms with E-state index >= 15 is 0 Å². The molecule has 0 radical (unpaired) electrons. The minimum absolute atomic E-state index is 0.183. The molecule has 1 aromatic heterocycles. The second kappa shape index (κ2) is 10.0. The first-order chi connectivity index (χ1) is 13.6. The Morgan fingerprint density at radius 2 is 1.86 bits per heavy atom. The fraction of sp³-hybridized carbons (Fsp3) is 0.476. The molecule has 0 bridgehead atoms. The fourth-order valence-corrected chi connectivity index (χ4v) is 3.47. The van der Waals surface area contributed by atoms with Gasteiger partial charge in [-0.25, -0.2) is 9.97 Å². The van der Waals surface area contributed by atoms with Crippen LogP contribution in [0.25, 0.3) is 0 Å². The fourth-order valence-electron chi connectivity index (χ4n) is 3.47. The number of ether oxygens (including phenoxy) is 1. The number of carbonyl (C=O) groups is 1. The summed E-state index contributed by atoms with van der Waals surface area (Å²) in [5.74, 6) is 1.42. The van der Waals surface area contributed by atoms with Gasteiger partial charge in [-0.2, -0.15) is 0 Å². The highest BCUT2D eigenvalue weighted by Crippen LogP contribution is 2.23. The van der Waals surface area contributed by atoms with Crippen LogP contribution in [0.2, 0.25) is 0 Å². The molecule has 0 spiro atoms. The van der Waals surface area contributed by atoms with Crippen LogP contribution in [0, 0.1) is 6.92 Å². The van der Waals surface area contributed by atoms with Gasteiger partial charge in [0.05, 0.1) is 13.2 Å². The molecule has 1 aromatic carbocycles. The summed E-state index contributed by atoms with van der Waals surface area (Å²) in [6.07, 6.45) is 5.69. The number of benzene rings is 1. The van der Waals surface area contributed by atoms with Crippen molar-refractivity contribution in [2.45, 2.75) is 51.6 Å². The normalized spacial score (nSPS) is 19.1. The van der Waals surface area contributed by atoms with Gasteiger partial charge in [0, 0.05) is 23.8 Å². The molecular weight excluding hydrogens is 354 g/mol. The number of carbonyl (C=O) groups excluding carboxylic acids is 1. The van der Waals surface area contributed by atoms with Gasteiger partial charge >= 0.3 is 5.97 Å². The van der Waals surface area contributed by atoms with Crippen molar-refractivity contribution in [3.63, 3.8) is 0 Å². The predicted octanol–water partition coefficient (Wildman–Crippen LogP) is 3.40. The first-order valence-corrected chi connectivity index (χ1v) is 9.93. The maximum atomic E-state index is 11.5. The molecule has 0 aliphatic heterocycles. The molecule has 0 saturated heterocycles. The minimum Gasteiger partial charge on any atom is -0.465 e. The average Bonchev–Trinajstić information content (AvgIpc) is 2.68. The number of rotatable bonds is 8. The molecule has 28 heavy (non-hydrogen) atoms. The second-order valence-electron chi connectivity index (χ2n) is 7.16. The molecule has 3 N–H and O–H groups in total. The standard InChI is InChI=1S/C21H29N5O2/c1-3-28-21(27)13-22-16-7-9-17(10-8-16)25-19-12-20(24-14-23-19)26-18-6-4-5-15(2)11-18/h4-6,11-12,14,16-17,22H,3,7-10,13H2,1-2H3,(H2,23,24,25,26). The van der Waals surface area contributed by atoms with E-state index in [9.17, 15) is 4.79 Å². The minimum atomic E-state index is -0.183. The number of aryl methyl sites for hydroxylation is 1. The van der Waals surface area contributed by atoms with Gasteiger partial charge in [-0.15, -0.1) is 0 Å². The third-order valence-corrected chi connectivity index (χ3v) is 4.88. The molecule has 0 atom stereocenters. The smallest absolute Gasteiger partial charge is 0.319 e. The lowest BCUT2D eigenvalue weighted by atomic mass is 9.91. The Kier molecular flexibility index (Phi) is 7.19. The van der Waals surface area contributed by atoms with Crippen LogP contribution in [0.1, 0.15) is 38.2 Å². The van der Waals surface area contributed by atoms with E-state index in [-0.39, 0.29) is 12.5 Å². The molecule has 1 fully saturated rings. The molecule has 7 heteroatoms. The van der Waals surface area contributed by atoms with Gasteiger partial charge in [0.15, 0.2) is 0 Å². The lowest BCUT2D eigenvalue weighted by Crippen LogP contribution is -2.39. The number of hydrogen-bond donors (Lipinski definition) is 3. The van der Waals surface area contributed by atoms with Crippen molar-refractivity contribution in [3.05, 3.63) is 42.2 Å². The number of anilines is 3. The quantitative estimate of drug-likeness (QED) is 0.602. The van der Waals surface area contributed by atoms with E-state index < -0.39 is 0 Å². The lowest BCUT2D eigenvalue weighted by molar-refractivity contribution is -0.142. The van der Waals surface area contributed by atoms with E-state index in [4.69, 9.17) is 4.74 Å². The van der Waals surface area contributed by atoms with Crippen LogP contribution in [0.15, 0.2) is 36.7 Å². The molecule has 1 aliphatic carbocycles. The largest absolute Gasteiger partial charge is 0.465 e. The van der Waals surface area contributed by atoms with E-state index in [1.807, 2.05) is 25.1 Å². The van der Waals surface area contributed by atoms with Crippen molar-refractivity contribution in [1.82, 2.24) is 15.3 Å². The first kappa shape index (κ1) is 20.1. The van der Waals surface area contributed by atoms with E-state index in [0.717, 1.165) is 43.0 Å². The van der Waals surface area contributed by atoms with Crippen LogP contribution in [0.4, 0.5) is 17.3 Å². The van der Waals surface area contributed by atoms with Gasteiger partial charge in [-0.3, -0.25) is 4.79 Å². The number of esters is 1. The molecule has 0 unspecified atom stereocenters. The van der Waals surface area contributed by atoms with E-state index in [2.05, 4.69) is 45.0 Å². The molecule has 1 aliphatic rings. The molecular formula is C21H29N5O2. The zero-order chi connectivity index (χ0) is 19.8. The molecule has 3 rings (SSSR count). The van der Waals surface area contributed by atoms with E-state index in [0.29, 0.717) is 18.7 Å². The second-order valence-corrected chi connectivity index (χ2v) is 7.16. The maximum Gasteiger partial charge on any atom is 0.319 e. The van der Waals surface area contributed by atoms with Crippen LogP contribution >= 0.6 is 0 Å². The number of aromatic nitrogens is 2. The summed E-state index contributed by atoms with van der Waals surface area (Å²) < 4.78 is 4.96. The van der Waals surface area contributed by atoms with Crippen LogP contribution < -0.4 is 16.0 Å². The van der Waals surface area contributed by atoms with Crippen LogP contribution in [0.3, 0.4) is 0 Å². The Hall–Kier alpha value is -2.67. The van der Waals surface area contributed by atoms with Gasteiger partial charge < -0.3 is 20.7 Å². The maximum absolute atomic E-state index is 11.5. The van der Waals surface area contributed by atoms with Crippen LogP contribution in [0.5, 0.6) is 0 Å². The van der Waals surface area contributed by atoms with Crippen LogP contribution in [-0.4, -0.2) is 41.2 Å². The Morgan fingerprint density at radius 1 is 1.11 bits per heavy atom. The lowest BCUT2D eigenvalue weighted by Gasteiger charge is -2.29. The van der Waals surface area contributed by atoms with Crippen molar-refractivity contribution in [2.24, 2.45) is 0 Å². The predicted molar refractivity (Wildman–Crippen MR) is 111 cm³/mol. The topological polar surface area (TPSA) is 88.2 Å². The van der Waals surface area contributed by atoms with Gasteiger partial charge in [0.25, 0.3) is 0 Å². The SMILES string of the molecule is CCOC(=O)CNC1CCC(Nc2cc(Nc3cccc(C)c3)ncn2)CC1. The van der Waals surface area contributed by atoms with Crippen molar-refractivity contribution >= 4 is 23.3 Å². The average molecular weight is 383 g/mol. The van der Waals surface area contributed by atoms with E-state index in [1.165, 1.54) is 5.56 Å². The Labute approximate surface area is 166 Å². The summed E-state index contributed by atoms with van der Waals surface area (Å²) in [7, 11) is 0. The zero-order valence-electron chi connectivity index (χ0n) is 16.6. The van der Waals surface area contributed by atoms with Gasteiger partial charge in [0.2, 0.25) is 0 Å². The zero-order valence-corrected chi connectivity index (χ0v) is 16.6. The van der Waals surface area contributed by atoms with Crippen LogP contribution in [-0.2, 0) is 9.53 Å². The van der Waals surface area contributed by atoms with E-state index in [1.54, 1.807) is 6.33 Å². The third kappa shape index (κ3) is 6.20. The highest BCUT2D eigenvalue weighted by molar-refractivity contribution is 5.71. The number of nitrogens with zero attached hydrogens (tertiary/aromatic N) is 2. The summed E-state index contributed by atoms with van der Waals surface area (Å²) in [5, 5.41) is 10.1.